The van der Waals surface area contributed by atoms with Crippen molar-refractivity contribution in [2.24, 2.45) is 0 Å². The first-order chi connectivity index (χ1) is 11.7. The fourth-order valence-corrected chi connectivity index (χ4v) is 3.26. The lowest BCUT2D eigenvalue weighted by molar-refractivity contribution is -0.889. The highest BCUT2D eigenvalue weighted by Crippen LogP contribution is 2.10. The summed E-state index contributed by atoms with van der Waals surface area (Å²) in [5, 5.41) is 7.14. The van der Waals surface area contributed by atoms with Crippen LogP contribution in [0.5, 0.6) is 0 Å². The Morgan fingerprint density at radius 3 is 2.52 bits per heavy atom. The van der Waals surface area contributed by atoms with Crippen LogP contribution in [0.15, 0.2) is 24.3 Å². The molecule has 0 aliphatic carbocycles. The number of thiocarbonyl (C=S) groups is 1. The highest BCUT2D eigenvalue weighted by Gasteiger charge is 2.23. The van der Waals surface area contributed by atoms with E-state index >= 15 is 0 Å². The largest absolute Gasteiger partial charge is 0.347 e. The van der Waals surface area contributed by atoms with E-state index in [9.17, 15) is 4.79 Å². The Morgan fingerprint density at radius 2 is 1.88 bits per heavy atom. The van der Waals surface area contributed by atoms with Gasteiger partial charge in [0.15, 0.2) is 11.7 Å². The van der Waals surface area contributed by atoms with Crippen molar-refractivity contribution in [3.63, 3.8) is 0 Å². The number of amides is 1. The molecule has 1 unspecified atom stereocenters. The molecule has 1 saturated heterocycles. The van der Waals surface area contributed by atoms with Crippen molar-refractivity contribution in [2.45, 2.75) is 39.7 Å². The molecule has 3 N–H and O–H groups in total. The lowest BCUT2D eigenvalue weighted by atomic mass is 10.1. The minimum absolute atomic E-state index is 0.122. The molecule has 2 rings (SSSR count). The summed E-state index contributed by atoms with van der Waals surface area (Å²) in [4.78, 5) is 15.7. The summed E-state index contributed by atoms with van der Waals surface area (Å²) >= 11 is 5.57. The van der Waals surface area contributed by atoms with Crippen LogP contribution in [0, 0.1) is 6.92 Å². The third-order valence-corrected chi connectivity index (χ3v) is 4.57. The number of carbonyl (C=O) groups excluding carboxylic acids is 1. The molecule has 0 saturated carbocycles. The number of carbonyl (C=O) groups is 1. The van der Waals surface area contributed by atoms with E-state index in [1.807, 2.05) is 32.9 Å². The molecule has 0 aromatic heterocycles. The van der Waals surface area contributed by atoms with Crippen molar-refractivity contribution in [1.82, 2.24) is 10.2 Å². The van der Waals surface area contributed by atoms with Gasteiger partial charge in [-0.1, -0.05) is 17.7 Å². The Balaban J connectivity index is 1.83. The summed E-state index contributed by atoms with van der Waals surface area (Å²) in [5.74, 6) is 0.122. The van der Waals surface area contributed by atoms with Crippen LogP contribution >= 0.6 is 12.2 Å². The quantitative estimate of drug-likeness (QED) is 0.707. The van der Waals surface area contributed by atoms with Crippen LogP contribution in [-0.4, -0.2) is 54.2 Å². The van der Waals surface area contributed by atoms with Crippen molar-refractivity contribution in [3.8, 4) is 0 Å². The molecule has 1 amide bonds. The van der Waals surface area contributed by atoms with Crippen LogP contribution in [0.1, 0.15) is 32.8 Å². The third kappa shape index (κ3) is 7.00. The molecular formula is C19H31N4OS+. The van der Waals surface area contributed by atoms with Gasteiger partial charge >= 0.3 is 0 Å². The summed E-state index contributed by atoms with van der Waals surface area (Å²) < 4.78 is 0. The average molecular weight is 364 g/mol. The minimum atomic E-state index is -0.173. The Labute approximate surface area is 156 Å². The van der Waals surface area contributed by atoms with Gasteiger partial charge in [-0.2, -0.15) is 0 Å². The molecular weight excluding hydrogens is 332 g/mol. The van der Waals surface area contributed by atoms with Gasteiger partial charge in [0, 0.05) is 24.2 Å². The van der Waals surface area contributed by atoms with Gasteiger partial charge in [0.1, 0.15) is 0 Å². The third-order valence-electron chi connectivity index (χ3n) is 4.21. The maximum absolute atomic E-state index is 12.1. The Bertz CT molecular complexity index is 594. The van der Waals surface area contributed by atoms with Crippen molar-refractivity contribution in [3.05, 3.63) is 29.8 Å². The van der Waals surface area contributed by atoms with Crippen molar-refractivity contribution in [1.29, 1.82) is 0 Å². The van der Waals surface area contributed by atoms with E-state index in [2.05, 4.69) is 34.6 Å². The standard InChI is InChI=1S/C19H30N4OS/c1-15-6-8-16(9-7-15)20-18(25)23-11-5-10-22(12-13-23)14-17(24)21-19(2,3)4/h6-9H,5,10-14H2,1-4H3,(H,20,25)(H,21,24)/p+1. The van der Waals surface area contributed by atoms with Crippen LogP contribution in [0.4, 0.5) is 5.69 Å². The van der Waals surface area contributed by atoms with Gasteiger partial charge in [0.05, 0.1) is 19.6 Å². The van der Waals surface area contributed by atoms with Gasteiger partial charge < -0.3 is 20.4 Å². The van der Waals surface area contributed by atoms with Gasteiger partial charge in [-0.3, -0.25) is 4.79 Å². The number of nitrogens with zero attached hydrogens (tertiary/aromatic N) is 1. The molecule has 1 aliphatic heterocycles. The SMILES string of the molecule is Cc1ccc(NC(=S)N2CCC[NH+](CC(=O)NC(C)(C)C)CC2)cc1. The maximum Gasteiger partial charge on any atom is 0.275 e. The van der Waals surface area contributed by atoms with Gasteiger partial charge in [0.2, 0.25) is 0 Å². The van der Waals surface area contributed by atoms with Crippen LogP contribution in [0.25, 0.3) is 0 Å². The summed E-state index contributed by atoms with van der Waals surface area (Å²) in [7, 11) is 0. The van der Waals surface area contributed by atoms with Crippen molar-refractivity contribution < 1.29 is 9.69 Å². The second-order valence-corrected chi connectivity index (χ2v) is 8.25. The minimum Gasteiger partial charge on any atom is -0.347 e. The Hall–Kier alpha value is -1.66. The molecule has 0 radical (unpaired) electrons. The van der Waals surface area contributed by atoms with Gasteiger partial charge in [-0.15, -0.1) is 0 Å². The number of hydrogen-bond donors (Lipinski definition) is 3. The first-order valence-corrected chi connectivity index (χ1v) is 9.41. The van der Waals surface area contributed by atoms with Gasteiger partial charge in [0.25, 0.3) is 5.91 Å². The lowest BCUT2D eigenvalue weighted by Gasteiger charge is -2.24. The zero-order valence-electron chi connectivity index (χ0n) is 15.8. The van der Waals surface area contributed by atoms with Crippen LogP contribution in [0.2, 0.25) is 0 Å². The molecule has 5 nitrogen and oxygen atoms in total. The summed E-state index contributed by atoms with van der Waals surface area (Å²) in [6.07, 6.45) is 1.04. The number of quaternary nitrogens is 1. The zero-order chi connectivity index (χ0) is 18.4. The summed E-state index contributed by atoms with van der Waals surface area (Å²) in [6.45, 7) is 12.4. The summed E-state index contributed by atoms with van der Waals surface area (Å²) in [5.41, 5.74) is 2.08. The van der Waals surface area contributed by atoms with E-state index in [0.29, 0.717) is 6.54 Å². The fourth-order valence-electron chi connectivity index (χ4n) is 2.96. The van der Waals surface area contributed by atoms with E-state index in [1.165, 1.54) is 10.5 Å². The number of hydrogen-bond acceptors (Lipinski definition) is 2. The molecule has 138 valence electrons. The normalized spacial score (nSPS) is 18.4. The van der Waals surface area contributed by atoms with Crippen LogP contribution in [0.3, 0.4) is 0 Å². The number of nitrogens with one attached hydrogen (secondary N) is 3. The second-order valence-electron chi connectivity index (χ2n) is 7.86. The molecule has 1 aromatic carbocycles. The predicted octanol–water partition coefficient (Wildman–Crippen LogP) is 1.20. The van der Waals surface area contributed by atoms with E-state index in [4.69, 9.17) is 12.2 Å². The maximum atomic E-state index is 12.1. The van der Waals surface area contributed by atoms with Crippen LogP contribution < -0.4 is 15.5 Å². The number of benzene rings is 1. The number of anilines is 1. The fraction of sp³-hybridized carbons (Fsp3) is 0.579. The number of rotatable bonds is 3. The van der Waals surface area contributed by atoms with Crippen molar-refractivity contribution >= 4 is 28.9 Å². The topological polar surface area (TPSA) is 48.8 Å². The zero-order valence-corrected chi connectivity index (χ0v) is 16.6. The first kappa shape index (κ1) is 19.7. The molecule has 25 heavy (non-hydrogen) atoms. The Morgan fingerprint density at radius 1 is 1.20 bits per heavy atom. The summed E-state index contributed by atoms with van der Waals surface area (Å²) in [6, 6.07) is 8.25. The van der Waals surface area contributed by atoms with Gasteiger partial charge in [-0.05, 0) is 52.0 Å². The molecule has 1 heterocycles. The van der Waals surface area contributed by atoms with E-state index in [-0.39, 0.29) is 11.4 Å². The highest BCUT2D eigenvalue weighted by molar-refractivity contribution is 7.80. The van der Waals surface area contributed by atoms with Crippen molar-refractivity contribution in [2.75, 3.05) is 38.0 Å². The van der Waals surface area contributed by atoms with E-state index < -0.39 is 0 Å². The first-order valence-electron chi connectivity index (χ1n) is 9.00. The molecule has 1 fully saturated rings. The van der Waals surface area contributed by atoms with E-state index in [0.717, 1.165) is 43.4 Å². The molecule has 0 spiro atoms. The van der Waals surface area contributed by atoms with E-state index in [1.54, 1.807) is 0 Å². The average Bonchev–Trinajstić information content (AvgIpc) is 2.73. The predicted molar refractivity (Wildman–Crippen MR) is 107 cm³/mol. The highest BCUT2D eigenvalue weighted by atomic mass is 32.1. The second kappa shape index (κ2) is 8.63. The molecule has 1 aromatic rings. The van der Waals surface area contributed by atoms with Gasteiger partial charge in [-0.25, -0.2) is 0 Å². The number of aryl methyl sites for hydroxylation is 1. The smallest absolute Gasteiger partial charge is 0.275 e. The molecule has 1 atom stereocenters. The monoisotopic (exact) mass is 363 g/mol. The lowest BCUT2D eigenvalue weighted by Crippen LogP contribution is -3.13. The van der Waals surface area contributed by atoms with Crippen LogP contribution in [-0.2, 0) is 4.79 Å². The Kier molecular flexibility index (Phi) is 6.79. The molecule has 0 bridgehead atoms. The molecule has 1 aliphatic rings. The molecule has 6 heteroatoms.